The first-order chi connectivity index (χ1) is 2.77. The van der Waals surface area contributed by atoms with Crippen molar-refractivity contribution in [1.29, 1.82) is 0 Å². The average Bonchev–Trinajstić information content (AvgIpc) is 2.22. The van der Waals surface area contributed by atoms with Gasteiger partial charge in [-0.1, -0.05) is 0 Å². The standard InChI is InChI=1S/C3H8N2O/c1-5-3(4)2-6-3/h5H,2,4H2,1H3. The van der Waals surface area contributed by atoms with Gasteiger partial charge in [0.1, 0.15) is 6.61 Å². The lowest BCUT2D eigenvalue weighted by Gasteiger charge is -1.97. The van der Waals surface area contributed by atoms with Gasteiger partial charge in [0.2, 0.25) is 0 Å². The molecular weight excluding hydrogens is 80.0 g/mol. The maximum Gasteiger partial charge on any atom is 0.196 e. The monoisotopic (exact) mass is 88.1 g/mol. The van der Waals surface area contributed by atoms with Crippen LogP contribution in [0.3, 0.4) is 0 Å². The van der Waals surface area contributed by atoms with Gasteiger partial charge >= 0.3 is 0 Å². The Labute approximate surface area is 36.5 Å². The first kappa shape index (κ1) is 4.05. The number of ether oxygens (including phenoxy) is 1. The van der Waals surface area contributed by atoms with Crippen LogP contribution in [0.1, 0.15) is 0 Å². The molecule has 0 spiro atoms. The predicted octanol–water partition coefficient (Wildman–Crippen LogP) is -1.15. The van der Waals surface area contributed by atoms with E-state index < -0.39 is 5.85 Å². The van der Waals surface area contributed by atoms with Crippen LogP contribution in [0.15, 0.2) is 0 Å². The first-order valence-corrected chi connectivity index (χ1v) is 1.89. The molecule has 6 heavy (non-hydrogen) atoms. The first-order valence-electron chi connectivity index (χ1n) is 1.89. The number of nitrogens with two attached hydrogens (primary N) is 1. The number of hydrogen-bond acceptors (Lipinski definition) is 3. The van der Waals surface area contributed by atoms with Gasteiger partial charge in [-0.25, -0.2) is 0 Å². The van der Waals surface area contributed by atoms with Crippen molar-refractivity contribution in [3.05, 3.63) is 0 Å². The molecule has 0 aromatic rings. The molecule has 1 atom stereocenters. The molecule has 1 aliphatic heterocycles. The fraction of sp³-hybridized carbons (Fsp3) is 1.00. The molecule has 1 fully saturated rings. The van der Waals surface area contributed by atoms with Crippen LogP contribution in [0.4, 0.5) is 0 Å². The molecule has 3 nitrogen and oxygen atoms in total. The summed E-state index contributed by atoms with van der Waals surface area (Å²) in [4.78, 5) is 0. The van der Waals surface area contributed by atoms with Crippen molar-refractivity contribution in [3.63, 3.8) is 0 Å². The number of rotatable bonds is 1. The van der Waals surface area contributed by atoms with Crippen LogP contribution in [0.5, 0.6) is 0 Å². The average molecular weight is 88.1 g/mol. The van der Waals surface area contributed by atoms with Crippen molar-refractivity contribution in [3.8, 4) is 0 Å². The van der Waals surface area contributed by atoms with Gasteiger partial charge in [-0.3, -0.25) is 11.1 Å². The van der Waals surface area contributed by atoms with Crippen molar-refractivity contribution in [2.24, 2.45) is 5.73 Å². The summed E-state index contributed by atoms with van der Waals surface area (Å²) < 4.78 is 4.71. The highest BCUT2D eigenvalue weighted by atomic mass is 16.6. The lowest BCUT2D eigenvalue weighted by molar-refractivity contribution is 0.277. The van der Waals surface area contributed by atoms with Gasteiger partial charge in [0.15, 0.2) is 5.85 Å². The van der Waals surface area contributed by atoms with E-state index in [1.165, 1.54) is 0 Å². The summed E-state index contributed by atoms with van der Waals surface area (Å²) in [6.45, 7) is 0.642. The highest BCUT2D eigenvalue weighted by Crippen LogP contribution is 2.12. The number of nitrogens with one attached hydrogen (secondary N) is 1. The van der Waals surface area contributed by atoms with Crippen LogP contribution in [0.2, 0.25) is 0 Å². The second kappa shape index (κ2) is 0.932. The highest BCUT2D eigenvalue weighted by molar-refractivity contribution is 4.79. The summed E-state index contributed by atoms with van der Waals surface area (Å²) in [7, 11) is 1.77. The number of hydrogen-bond donors (Lipinski definition) is 2. The molecule has 3 N–H and O–H groups in total. The van der Waals surface area contributed by atoms with E-state index in [0.717, 1.165) is 0 Å². The van der Waals surface area contributed by atoms with Crippen LogP contribution in [0.25, 0.3) is 0 Å². The van der Waals surface area contributed by atoms with Crippen molar-refractivity contribution in [1.82, 2.24) is 5.32 Å². The van der Waals surface area contributed by atoms with E-state index >= 15 is 0 Å². The van der Waals surface area contributed by atoms with Crippen molar-refractivity contribution in [2.75, 3.05) is 13.7 Å². The molecule has 0 bridgehead atoms. The minimum absolute atomic E-state index is 0.458. The van der Waals surface area contributed by atoms with Crippen molar-refractivity contribution >= 4 is 0 Å². The summed E-state index contributed by atoms with van der Waals surface area (Å²) in [5, 5.41) is 2.77. The molecule has 0 aliphatic carbocycles. The van der Waals surface area contributed by atoms with E-state index in [-0.39, 0.29) is 0 Å². The molecule has 0 radical (unpaired) electrons. The minimum Gasteiger partial charge on any atom is -0.339 e. The zero-order chi connectivity index (χ0) is 4.62. The molecular formula is C3H8N2O. The largest absolute Gasteiger partial charge is 0.339 e. The molecule has 0 aromatic carbocycles. The fourth-order valence-electron chi connectivity index (χ4n) is 0.222. The number of epoxide rings is 1. The van der Waals surface area contributed by atoms with Gasteiger partial charge in [0.25, 0.3) is 0 Å². The van der Waals surface area contributed by atoms with E-state index in [1.807, 2.05) is 0 Å². The third-order valence-electron chi connectivity index (χ3n) is 0.879. The fourth-order valence-corrected chi connectivity index (χ4v) is 0.222. The summed E-state index contributed by atoms with van der Waals surface area (Å²) in [5.74, 6) is -0.458. The minimum atomic E-state index is -0.458. The quantitative estimate of drug-likeness (QED) is 0.314. The summed E-state index contributed by atoms with van der Waals surface area (Å²) in [6, 6.07) is 0. The Balaban J connectivity index is 2.28. The van der Waals surface area contributed by atoms with Gasteiger partial charge in [0, 0.05) is 0 Å². The Kier molecular flexibility index (Phi) is 0.629. The molecule has 1 unspecified atom stereocenters. The third-order valence-corrected chi connectivity index (χ3v) is 0.879. The molecule has 0 amide bonds. The molecule has 3 heteroatoms. The van der Waals surface area contributed by atoms with Crippen molar-refractivity contribution < 1.29 is 4.74 Å². The summed E-state index contributed by atoms with van der Waals surface area (Å²) in [5.41, 5.74) is 5.31. The second-order valence-corrected chi connectivity index (χ2v) is 1.43. The van der Waals surface area contributed by atoms with Crippen LogP contribution in [-0.2, 0) is 4.74 Å². The maximum absolute atomic E-state index is 5.31. The Morgan fingerprint density at radius 1 is 2.00 bits per heavy atom. The zero-order valence-corrected chi connectivity index (χ0v) is 3.69. The normalized spacial score (nSPS) is 43.0. The second-order valence-electron chi connectivity index (χ2n) is 1.43. The molecule has 0 aromatic heterocycles. The zero-order valence-electron chi connectivity index (χ0n) is 3.69. The Morgan fingerprint density at radius 3 is 2.50 bits per heavy atom. The number of likely N-dealkylation sites (N-methyl/N-ethyl adjacent to an activating group) is 1. The van der Waals surface area contributed by atoms with Gasteiger partial charge in [0.05, 0.1) is 0 Å². The van der Waals surface area contributed by atoms with Crippen LogP contribution in [-0.4, -0.2) is 19.5 Å². The van der Waals surface area contributed by atoms with Gasteiger partial charge in [-0.05, 0) is 7.05 Å². The molecule has 36 valence electrons. The van der Waals surface area contributed by atoms with Gasteiger partial charge in [-0.15, -0.1) is 0 Å². The topological polar surface area (TPSA) is 50.6 Å². The Morgan fingerprint density at radius 2 is 2.50 bits per heavy atom. The molecule has 1 aliphatic rings. The molecule has 0 saturated carbocycles. The maximum atomic E-state index is 5.31. The lowest BCUT2D eigenvalue weighted by Crippen LogP contribution is -2.38. The van der Waals surface area contributed by atoms with E-state index in [1.54, 1.807) is 7.05 Å². The predicted molar refractivity (Wildman–Crippen MR) is 21.9 cm³/mol. The van der Waals surface area contributed by atoms with E-state index in [2.05, 4.69) is 5.32 Å². The van der Waals surface area contributed by atoms with E-state index in [0.29, 0.717) is 6.61 Å². The Hall–Kier alpha value is -0.120. The van der Waals surface area contributed by atoms with Gasteiger partial charge in [-0.2, -0.15) is 0 Å². The highest BCUT2D eigenvalue weighted by Gasteiger charge is 2.38. The SMILES string of the molecule is CNC1(N)CO1. The molecule has 1 saturated heterocycles. The lowest BCUT2D eigenvalue weighted by atomic mass is 10.6. The van der Waals surface area contributed by atoms with Crippen molar-refractivity contribution in [2.45, 2.75) is 5.85 Å². The molecule has 1 heterocycles. The van der Waals surface area contributed by atoms with E-state index in [9.17, 15) is 0 Å². The van der Waals surface area contributed by atoms with Crippen LogP contribution in [0, 0.1) is 0 Å². The van der Waals surface area contributed by atoms with Gasteiger partial charge < -0.3 is 4.74 Å². The third kappa shape index (κ3) is 0.518. The van der Waals surface area contributed by atoms with E-state index in [4.69, 9.17) is 10.5 Å². The summed E-state index contributed by atoms with van der Waals surface area (Å²) >= 11 is 0. The molecule has 1 rings (SSSR count). The smallest absolute Gasteiger partial charge is 0.196 e. The summed E-state index contributed by atoms with van der Waals surface area (Å²) in [6.07, 6.45) is 0. The van der Waals surface area contributed by atoms with Crippen LogP contribution >= 0.6 is 0 Å². The van der Waals surface area contributed by atoms with Crippen LogP contribution < -0.4 is 11.1 Å². The Bertz CT molecular complexity index is 59.8.